The van der Waals surface area contributed by atoms with Crippen LogP contribution in [0.15, 0.2) is 0 Å². The first-order valence-electron chi connectivity index (χ1n) is 7.57. The number of hydrogen-bond acceptors (Lipinski definition) is 3. The minimum Gasteiger partial charge on any atom is -0.297 e. The summed E-state index contributed by atoms with van der Waals surface area (Å²) in [6, 6.07) is 0.576. The molecular weight excluding hydrogens is 394 g/mol. The molecule has 1 heterocycles. The van der Waals surface area contributed by atoms with E-state index in [1.54, 1.807) is 0 Å². The fourth-order valence-electron chi connectivity index (χ4n) is 2.93. The van der Waals surface area contributed by atoms with Crippen molar-refractivity contribution in [3.05, 3.63) is 31.2 Å². The normalized spacial score (nSPS) is 14.5. The molecule has 1 aromatic carbocycles. The van der Waals surface area contributed by atoms with Crippen molar-refractivity contribution in [2.75, 3.05) is 13.1 Å². The molecule has 0 saturated carbocycles. The molecule has 0 unspecified atom stereocenters. The molecule has 4 nitrogen and oxygen atoms in total. The molecule has 0 fully saturated rings. The molecule has 0 N–H and O–H groups in total. The molecule has 0 aliphatic carbocycles. The molecule has 0 saturated heterocycles. The van der Waals surface area contributed by atoms with Crippen LogP contribution in [0, 0.1) is 0 Å². The van der Waals surface area contributed by atoms with Crippen LogP contribution in [0.25, 0.3) is 0 Å². The Morgan fingerprint density at radius 1 is 0.792 bits per heavy atom. The number of nitrogens with zero attached hydrogens (tertiary/aromatic N) is 2. The lowest BCUT2D eigenvalue weighted by Crippen LogP contribution is -2.44. The van der Waals surface area contributed by atoms with Crippen molar-refractivity contribution in [3.63, 3.8) is 0 Å². The summed E-state index contributed by atoms with van der Waals surface area (Å²) >= 11 is 24.2. The number of amides is 2. The van der Waals surface area contributed by atoms with E-state index < -0.39 is 11.8 Å². The van der Waals surface area contributed by atoms with Crippen LogP contribution in [0.4, 0.5) is 0 Å². The fraction of sp³-hybridized carbons (Fsp3) is 0.500. The highest BCUT2D eigenvalue weighted by atomic mass is 35.5. The summed E-state index contributed by atoms with van der Waals surface area (Å²) in [5, 5.41) is -0.106. The lowest BCUT2D eigenvalue weighted by Gasteiger charge is -2.31. The first kappa shape index (κ1) is 19.8. The number of hydrogen-bond donors (Lipinski definition) is 0. The van der Waals surface area contributed by atoms with Crippen molar-refractivity contribution in [1.82, 2.24) is 9.80 Å². The molecule has 0 radical (unpaired) electrons. The van der Waals surface area contributed by atoms with Crippen molar-refractivity contribution in [2.45, 2.75) is 39.8 Å². The molecule has 0 bridgehead atoms. The van der Waals surface area contributed by atoms with E-state index in [1.807, 2.05) is 0 Å². The molecule has 0 atom stereocenters. The van der Waals surface area contributed by atoms with Gasteiger partial charge in [0.25, 0.3) is 11.8 Å². The Labute approximate surface area is 161 Å². The zero-order valence-corrected chi connectivity index (χ0v) is 16.8. The highest BCUT2D eigenvalue weighted by Crippen LogP contribution is 2.44. The number of carbonyl (C=O) groups is 2. The van der Waals surface area contributed by atoms with Gasteiger partial charge in [0.2, 0.25) is 0 Å². The molecule has 1 aliphatic rings. The van der Waals surface area contributed by atoms with E-state index in [9.17, 15) is 9.59 Å². The van der Waals surface area contributed by atoms with Gasteiger partial charge in [-0.15, -0.1) is 0 Å². The lowest BCUT2D eigenvalue weighted by atomic mass is 10.1. The predicted molar refractivity (Wildman–Crippen MR) is 98.8 cm³/mol. The second-order valence-corrected chi connectivity index (χ2v) is 7.71. The van der Waals surface area contributed by atoms with Crippen LogP contribution in [0.1, 0.15) is 48.4 Å². The summed E-state index contributed by atoms with van der Waals surface area (Å²) in [7, 11) is 0. The van der Waals surface area contributed by atoms with E-state index in [-0.39, 0.29) is 49.8 Å². The minimum atomic E-state index is -0.493. The van der Waals surface area contributed by atoms with Gasteiger partial charge >= 0.3 is 0 Å². The standard InChI is InChI=1S/C16H18Cl4N2O2/c1-7(2)21(8(3)4)5-6-22-15(23)9-10(16(22)24)12(18)14(20)13(19)11(9)17/h7-8H,5-6H2,1-4H3. The van der Waals surface area contributed by atoms with Crippen LogP contribution in [0.5, 0.6) is 0 Å². The Morgan fingerprint density at radius 3 is 1.50 bits per heavy atom. The van der Waals surface area contributed by atoms with E-state index in [0.29, 0.717) is 6.54 Å². The topological polar surface area (TPSA) is 40.6 Å². The van der Waals surface area contributed by atoms with Gasteiger partial charge in [0, 0.05) is 25.2 Å². The number of rotatable bonds is 5. The van der Waals surface area contributed by atoms with Crippen molar-refractivity contribution in [3.8, 4) is 0 Å². The van der Waals surface area contributed by atoms with Crippen molar-refractivity contribution in [2.24, 2.45) is 0 Å². The molecule has 1 aromatic rings. The number of halogens is 4. The predicted octanol–water partition coefficient (Wildman–Crippen LogP) is 5.02. The molecule has 0 spiro atoms. The van der Waals surface area contributed by atoms with Gasteiger partial charge in [-0.2, -0.15) is 0 Å². The summed E-state index contributed by atoms with van der Waals surface area (Å²) in [5.41, 5.74) is 0.0587. The van der Waals surface area contributed by atoms with Gasteiger partial charge in [-0.3, -0.25) is 19.4 Å². The maximum Gasteiger partial charge on any atom is 0.263 e. The Morgan fingerprint density at radius 2 is 1.17 bits per heavy atom. The molecule has 24 heavy (non-hydrogen) atoms. The Kier molecular flexibility index (Phi) is 6.09. The summed E-state index contributed by atoms with van der Waals surface area (Å²) in [5.74, 6) is -0.985. The molecule has 1 aliphatic heterocycles. The maximum absolute atomic E-state index is 12.6. The van der Waals surface area contributed by atoms with Gasteiger partial charge in [0.15, 0.2) is 0 Å². The van der Waals surface area contributed by atoms with Crippen LogP contribution in [0.2, 0.25) is 20.1 Å². The third-order valence-electron chi connectivity index (χ3n) is 4.09. The van der Waals surface area contributed by atoms with Gasteiger partial charge < -0.3 is 0 Å². The summed E-state index contributed by atoms with van der Waals surface area (Å²) in [6.07, 6.45) is 0. The highest BCUT2D eigenvalue weighted by molar-refractivity contribution is 6.55. The third kappa shape index (κ3) is 3.27. The van der Waals surface area contributed by atoms with Crippen LogP contribution in [-0.4, -0.2) is 46.8 Å². The second kappa shape index (κ2) is 7.38. The minimum absolute atomic E-state index is 0.0175. The molecule has 8 heteroatoms. The number of carbonyl (C=O) groups excluding carboxylic acids is 2. The van der Waals surface area contributed by atoms with E-state index in [0.717, 1.165) is 4.90 Å². The summed E-state index contributed by atoms with van der Waals surface area (Å²) < 4.78 is 0. The quantitative estimate of drug-likeness (QED) is 0.388. The number of imide groups is 1. The van der Waals surface area contributed by atoms with Gasteiger partial charge in [0.05, 0.1) is 31.2 Å². The van der Waals surface area contributed by atoms with Crippen molar-refractivity contribution < 1.29 is 9.59 Å². The van der Waals surface area contributed by atoms with E-state index in [1.165, 1.54) is 0 Å². The average molecular weight is 412 g/mol. The van der Waals surface area contributed by atoms with Crippen LogP contribution in [-0.2, 0) is 0 Å². The SMILES string of the molecule is CC(C)N(CCN1C(=O)c2c(Cl)c(Cl)c(Cl)c(Cl)c2C1=O)C(C)C. The lowest BCUT2D eigenvalue weighted by molar-refractivity contribution is 0.0614. The van der Waals surface area contributed by atoms with Gasteiger partial charge in [-0.25, -0.2) is 0 Å². The van der Waals surface area contributed by atoms with Crippen LogP contribution < -0.4 is 0 Å². The summed E-state index contributed by atoms with van der Waals surface area (Å²) in [6.45, 7) is 9.05. The zero-order chi connectivity index (χ0) is 18.3. The first-order valence-corrected chi connectivity index (χ1v) is 9.08. The van der Waals surface area contributed by atoms with Crippen LogP contribution in [0.3, 0.4) is 0 Å². The smallest absolute Gasteiger partial charge is 0.263 e. The Balaban J connectivity index is 2.34. The van der Waals surface area contributed by atoms with Gasteiger partial charge in [-0.05, 0) is 27.7 Å². The van der Waals surface area contributed by atoms with E-state index in [2.05, 4.69) is 32.6 Å². The van der Waals surface area contributed by atoms with Gasteiger partial charge in [-0.1, -0.05) is 46.4 Å². The Bertz CT molecular complexity index is 649. The Hall–Kier alpha value is -0.520. The monoisotopic (exact) mass is 410 g/mol. The van der Waals surface area contributed by atoms with Crippen molar-refractivity contribution in [1.29, 1.82) is 0 Å². The molecular formula is C16H18Cl4N2O2. The van der Waals surface area contributed by atoms with E-state index >= 15 is 0 Å². The second-order valence-electron chi connectivity index (χ2n) is 6.19. The van der Waals surface area contributed by atoms with Gasteiger partial charge in [0.1, 0.15) is 0 Å². The fourth-order valence-corrected chi connectivity index (χ4v) is 3.94. The van der Waals surface area contributed by atoms with Crippen molar-refractivity contribution >= 4 is 58.2 Å². The first-order chi connectivity index (χ1) is 11.1. The van der Waals surface area contributed by atoms with Crippen LogP contribution >= 0.6 is 46.4 Å². The van der Waals surface area contributed by atoms with E-state index in [4.69, 9.17) is 46.4 Å². The number of benzene rings is 1. The largest absolute Gasteiger partial charge is 0.297 e. The number of fused-ring (bicyclic) bond motifs is 1. The maximum atomic E-state index is 12.6. The summed E-state index contributed by atoms with van der Waals surface area (Å²) in [4.78, 5) is 28.6. The molecule has 2 amide bonds. The molecule has 132 valence electrons. The highest BCUT2D eigenvalue weighted by Gasteiger charge is 2.41. The molecule has 2 rings (SSSR count). The molecule has 0 aromatic heterocycles. The third-order valence-corrected chi connectivity index (χ3v) is 5.90. The average Bonchev–Trinajstić information content (AvgIpc) is 2.74. The zero-order valence-electron chi connectivity index (χ0n) is 13.8.